The molecule has 0 spiro atoms. The maximum atomic E-state index is 11.5. The Bertz CT molecular complexity index is 256. The van der Waals surface area contributed by atoms with E-state index in [4.69, 9.17) is 0 Å². The van der Waals surface area contributed by atoms with E-state index in [1.165, 1.54) is 6.08 Å². The van der Waals surface area contributed by atoms with Gasteiger partial charge in [0.05, 0.1) is 0 Å². The molecule has 0 aromatic carbocycles. The Hall–Kier alpha value is -1.12. The maximum Gasteiger partial charge on any atom is 0.245 e. The molecule has 1 amide bonds. The standard InChI is InChI=1S/C10H13NO2/c1-2-9(12)11-5-7-3-4-8(6-11)10(7)13/h2,7-8H,1,3-6H2. The van der Waals surface area contributed by atoms with Crippen LogP contribution in [0.3, 0.4) is 0 Å². The summed E-state index contributed by atoms with van der Waals surface area (Å²) < 4.78 is 0. The van der Waals surface area contributed by atoms with Crippen LogP contribution in [-0.2, 0) is 9.59 Å². The number of hydrogen-bond acceptors (Lipinski definition) is 2. The van der Waals surface area contributed by atoms with E-state index in [2.05, 4.69) is 6.58 Å². The molecule has 2 bridgehead atoms. The highest BCUT2D eigenvalue weighted by Crippen LogP contribution is 2.33. The number of nitrogens with zero attached hydrogens (tertiary/aromatic N) is 1. The van der Waals surface area contributed by atoms with E-state index in [0.717, 1.165) is 12.8 Å². The summed E-state index contributed by atoms with van der Waals surface area (Å²) in [6.45, 7) is 4.67. The summed E-state index contributed by atoms with van der Waals surface area (Å²) >= 11 is 0. The number of rotatable bonds is 1. The van der Waals surface area contributed by atoms with E-state index in [0.29, 0.717) is 18.9 Å². The monoisotopic (exact) mass is 179 g/mol. The third-order valence-corrected chi connectivity index (χ3v) is 3.04. The van der Waals surface area contributed by atoms with Crippen molar-refractivity contribution < 1.29 is 9.59 Å². The van der Waals surface area contributed by atoms with Crippen molar-refractivity contribution in [1.29, 1.82) is 0 Å². The van der Waals surface area contributed by atoms with Gasteiger partial charge in [-0.2, -0.15) is 0 Å². The van der Waals surface area contributed by atoms with Gasteiger partial charge < -0.3 is 4.90 Å². The van der Waals surface area contributed by atoms with E-state index < -0.39 is 0 Å². The maximum absolute atomic E-state index is 11.5. The van der Waals surface area contributed by atoms with Crippen LogP contribution in [0.25, 0.3) is 0 Å². The Morgan fingerprint density at radius 3 is 2.38 bits per heavy atom. The van der Waals surface area contributed by atoms with Crippen LogP contribution in [0.4, 0.5) is 0 Å². The first-order valence-corrected chi connectivity index (χ1v) is 4.67. The Kier molecular flexibility index (Phi) is 1.94. The molecule has 70 valence electrons. The molecule has 1 aliphatic carbocycles. The van der Waals surface area contributed by atoms with Gasteiger partial charge >= 0.3 is 0 Å². The second-order valence-electron chi connectivity index (χ2n) is 3.82. The molecule has 1 heterocycles. The summed E-state index contributed by atoms with van der Waals surface area (Å²) in [5.74, 6) is 0.558. The van der Waals surface area contributed by atoms with Crippen LogP contribution in [0.15, 0.2) is 12.7 Å². The molecule has 1 aliphatic heterocycles. The highest BCUT2D eigenvalue weighted by Gasteiger charge is 2.41. The van der Waals surface area contributed by atoms with Crippen molar-refractivity contribution in [3.63, 3.8) is 0 Å². The van der Waals surface area contributed by atoms with Crippen LogP contribution in [-0.4, -0.2) is 29.7 Å². The molecule has 1 saturated heterocycles. The summed E-state index contributed by atoms with van der Waals surface area (Å²) in [4.78, 5) is 24.5. The fourth-order valence-electron chi connectivity index (χ4n) is 2.30. The molecule has 2 unspecified atom stereocenters. The average molecular weight is 179 g/mol. The number of hydrogen-bond donors (Lipinski definition) is 0. The minimum atomic E-state index is -0.0376. The van der Waals surface area contributed by atoms with Crippen LogP contribution in [0.1, 0.15) is 12.8 Å². The first-order valence-electron chi connectivity index (χ1n) is 4.67. The zero-order chi connectivity index (χ0) is 9.42. The van der Waals surface area contributed by atoms with Crippen LogP contribution < -0.4 is 0 Å². The Morgan fingerprint density at radius 2 is 1.92 bits per heavy atom. The molecule has 0 aromatic rings. The molecular weight excluding hydrogens is 166 g/mol. The smallest absolute Gasteiger partial charge is 0.245 e. The highest BCUT2D eigenvalue weighted by molar-refractivity contribution is 5.92. The van der Waals surface area contributed by atoms with Crippen molar-refractivity contribution in [2.75, 3.05) is 13.1 Å². The van der Waals surface area contributed by atoms with E-state index in [1.54, 1.807) is 4.90 Å². The van der Waals surface area contributed by atoms with E-state index >= 15 is 0 Å². The predicted octanol–water partition coefficient (Wildman–Crippen LogP) is 0.610. The van der Waals surface area contributed by atoms with Crippen molar-refractivity contribution in [2.45, 2.75) is 12.8 Å². The molecule has 2 fully saturated rings. The summed E-state index contributed by atoms with van der Waals surface area (Å²) in [6.07, 6.45) is 3.25. The summed E-state index contributed by atoms with van der Waals surface area (Å²) in [6, 6.07) is 0. The summed E-state index contributed by atoms with van der Waals surface area (Å²) in [7, 11) is 0. The van der Waals surface area contributed by atoms with Crippen molar-refractivity contribution in [3.05, 3.63) is 12.7 Å². The molecule has 13 heavy (non-hydrogen) atoms. The number of ketones is 1. The Labute approximate surface area is 77.4 Å². The summed E-state index contributed by atoms with van der Waals surface area (Å²) in [5, 5.41) is 0. The van der Waals surface area contributed by atoms with Gasteiger partial charge in [-0.15, -0.1) is 0 Å². The fraction of sp³-hybridized carbons (Fsp3) is 0.600. The van der Waals surface area contributed by atoms with Crippen LogP contribution in [0.2, 0.25) is 0 Å². The van der Waals surface area contributed by atoms with Gasteiger partial charge in [0.2, 0.25) is 5.91 Å². The van der Waals surface area contributed by atoms with E-state index in [-0.39, 0.29) is 17.7 Å². The minimum absolute atomic E-state index is 0.0376. The number of carbonyl (C=O) groups is 2. The molecule has 2 aliphatic rings. The van der Waals surface area contributed by atoms with Gasteiger partial charge in [-0.05, 0) is 18.9 Å². The first kappa shape index (κ1) is 8.48. The second kappa shape index (κ2) is 2.98. The third-order valence-electron chi connectivity index (χ3n) is 3.04. The minimum Gasteiger partial charge on any atom is -0.338 e. The molecular formula is C10H13NO2. The SMILES string of the molecule is C=CC(=O)N1CC2CCC(C1)C2=O. The molecule has 1 saturated carbocycles. The van der Waals surface area contributed by atoms with Crippen LogP contribution in [0, 0.1) is 11.8 Å². The molecule has 3 nitrogen and oxygen atoms in total. The molecule has 0 radical (unpaired) electrons. The predicted molar refractivity (Wildman–Crippen MR) is 48.0 cm³/mol. The quantitative estimate of drug-likeness (QED) is 0.553. The van der Waals surface area contributed by atoms with Gasteiger partial charge in [0.1, 0.15) is 5.78 Å². The van der Waals surface area contributed by atoms with E-state index in [1.807, 2.05) is 0 Å². The Balaban J connectivity index is 2.10. The van der Waals surface area contributed by atoms with Gasteiger partial charge in [-0.1, -0.05) is 6.58 Å². The zero-order valence-electron chi connectivity index (χ0n) is 7.53. The van der Waals surface area contributed by atoms with Gasteiger partial charge in [0.25, 0.3) is 0 Å². The second-order valence-corrected chi connectivity index (χ2v) is 3.82. The number of Topliss-reactive ketones (excluding diaryl/α,β-unsaturated/α-hetero) is 1. The summed E-state index contributed by atoms with van der Waals surface area (Å²) in [5.41, 5.74) is 0. The number of carbonyl (C=O) groups excluding carboxylic acids is 2. The average Bonchev–Trinajstić information content (AvgIpc) is 2.42. The molecule has 2 rings (SSSR count). The topological polar surface area (TPSA) is 37.4 Å². The van der Waals surface area contributed by atoms with Gasteiger partial charge in [-0.3, -0.25) is 9.59 Å². The van der Waals surface area contributed by atoms with Gasteiger partial charge in [0, 0.05) is 24.9 Å². The lowest BCUT2D eigenvalue weighted by Gasteiger charge is -2.29. The largest absolute Gasteiger partial charge is 0.338 e. The number of fused-ring (bicyclic) bond motifs is 2. The lowest BCUT2D eigenvalue weighted by molar-refractivity contribution is -0.134. The molecule has 2 atom stereocenters. The molecule has 3 heteroatoms. The lowest BCUT2D eigenvalue weighted by Crippen LogP contribution is -2.44. The zero-order valence-corrected chi connectivity index (χ0v) is 7.53. The normalized spacial score (nSPS) is 32.0. The highest BCUT2D eigenvalue weighted by atomic mass is 16.2. The molecule has 0 N–H and O–H groups in total. The van der Waals surface area contributed by atoms with Crippen molar-refractivity contribution in [2.24, 2.45) is 11.8 Å². The third kappa shape index (κ3) is 1.28. The van der Waals surface area contributed by atoms with Crippen molar-refractivity contribution in [3.8, 4) is 0 Å². The number of likely N-dealkylation sites (tertiary alicyclic amines) is 1. The van der Waals surface area contributed by atoms with Crippen molar-refractivity contribution in [1.82, 2.24) is 4.90 Å². The van der Waals surface area contributed by atoms with Crippen LogP contribution in [0.5, 0.6) is 0 Å². The number of piperidine rings is 1. The lowest BCUT2D eigenvalue weighted by atomic mass is 9.97. The Morgan fingerprint density at radius 1 is 1.38 bits per heavy atom. The first-order chi connectivity index (χ1) is 6.22. The van der Waals surface area contributed by atoms with Crippen molar-refractivity contribution >= 4 is 11.7 Å². The number of amides is 1. The van der Waals surface area contributed by atoms with Crippen LogP contribution >= 0.6 is 0 Å². The van der Waals surface area contributed by atoms with E-state index in [9.17, 15) is 9.59 Å². The van der Waals surface area contributed by atoms with Gasteiger partial charge in [-0.25, -0.2) is 0 Å². The van der Waals surface area contributed by atoms with Gasteiger partial charge in [0.15, 0.2) is 0 Å². The fourth-order valence-corrected chi connectivity index (χ4v) is 2.30. The molecule has 0 aromatic heterocycles.